The first-order valence-electron chi connectivity index (χ1n) is 5.01. The van der Waals surface area contributed by atoms with Gasteiger partial charge in [-0.3, -0.25) is 0 Å². The lowest BCUT2D eigenvalue weighted by Gasteiger charge is -2.16. The summed E-state index contributed by atoms with van der Waals surface area (Å²) in [6, 6.07) is 0. The van der Waals surface area contributed by atoms with E-state index in [1.165, 1.54) is 25.7 Å². The molecule has 72 valence electrons. The van der Waals surface area contributed by atoms with Gasteiger partial charge in [0.1, 0.15) is 5.82 Å². The fraction of sp³-hybridized carbons (Fsp3) is 0.700. The van der Waals surface area contributed by atoms with Crippen molar-refractivity contribution >= 4 is 11.6 Å². The summed E-state index contributed by atoms with van der Waals surface area (Å²) in [7, 11) is 0. The number of nitrogens with one attached hydrogen (secondary N) is 1. The van der Waals surface area contributed by atoms with Crippen LogP contribution in [0.4, 0.5) is 0 Å². The normalized spacial score (nSPS) is 29.9. The van der Waals surface area contributed by atoms with Gasteiger partial charge in [0.15, 0.2) is 0 Å². The number of aromatic nitrogens is 2. The van der Waals surface area contributed by atoms with E-state index in [9.17, 15) is 0 Å². The van der Waals surface area contributed by atoms with Crippen molar-refractivity contribution in [3.8, 4) is 0 Å². The number of H-pyrrole nitrogens is 1. The standard InChI is InChI=1S/C10H15ClN2/c11-9-5-3-1-2-4-8(9)10-12-6-7-13-10/h6-9H,1-5H2,(H,12,13). The Morgan fingerprint density at radius 2 is 2.15 bits per heavy atom. The molecule has 1 aromatic rings. The van der Waals surface area contributed by atoms with Crippen LogP contribution in [0.2, 0.25) is 0 Å². The van der Waals surface area contributed by atoms with Gasteiger partial charge in [-0.25, -0.2) is 4.98 Å². The van der Waals surface area contributed by atoms with E-state index in [0.29, 0.717) is 5.92 Å². The smallest absolute Gasteiger partial charge is 0.110 e. The van der Waals surface area contributed by atoms with Gasteiger partial charge in [0.25, 0.3) is 0 Å². The van der Waals surface area contributed by atoms with E-state index in [4.69, 9.17) is 11.6 Å². The van der Waals surface area contributed by atoms with Crippen LogP contribution in [0.1, 0.15) is 43.8 Å². The largest absolute Gasteiger partial charge is 0.348 e. The van der Waals surface area contributed by atoms with Crippen LogP contribution in [0.5, 0.6) is 0 Å². The Bertz CT molecular complexity index is 245. The SMILES string of the molecule is ClC1CCCCCC1c1ncc[nH]1. The maximum atomic E-state index is 6.32. The zero-order valence-corrected chi connectivity index (χ0v) is 8.43. The first kappa shape index (κ1) is 9.07. The van der Waals surface area contributed by atoms with E-state index in [1.807, 2.05) is 12.4 Å². The molecule has 13 heavy (non-hydrogen) atoms. The number of hydrogen-bond acceptors (Lipinski definition) is 1. The van der Waals surface area contributed by atoms with E-state index in [0.717, 1.165) is 12.2 Å². The monoisotopic (exact) mass is 198 g/mol. The van der Waals surface area contributed by atoms with Crippen molar-refractivity contribution in [1.29, 1.82) is 0 Å². The molecule has 0 bridgehead atoms. The molecule has 1 aromatic heterocycles. The molecule has 0 saturated heterocycles. The van der Waals surface area contributed by atoms with Gasteiger partial charge in [0.05, 0.1) is 0 Å². The molecule has 1 N–H and O–H groups in total. The summed E-state index contributed by atoms with van der Waals surface area (Å²) in [6.07, 6.45) is 9.88. The van der Waals surface area contributed by atoms with E-state index >= 15 is 0 Å². The van der Waals surface area contributed by atoms with E-state index in [1.54, 1.807) is 0 Å². The third-order valence-electron chi connectivity index (χ3n) is 2.80. The van der Waals surface area contributed by atoms with Crippen LogP contribution in [0.25, 0.3) is 0 Å². The van der Waals surface area contributed by atoms with Gasteiger partial charge in [-0.05, 0) is 12.8 Å². The lowest BCUT2D eigenvalue weighted by atomic mass is 9.99. The van der Waals surface area contributed by atoms with Crippen LogP contribution in [0.15, 0.2) is 12.4 Å². The molecule has 2 rings (SSSR count). The average molecular weight is 199 g/mol. The van der Waals surface area contributed by atoms with Gasteiger partial charge in [0.2, 0.25) is 0 Å². The van der Waals surface area contributed by atoms with Crippen LogP contribution in [0, 0.1) is 0 Å². The number of aromatic amines is 1. The Labute approximate surface area is 83.7 Å². The summed E-state index contributed by atoms with van der Waals surface area (Å²) >= 11 is 6.32. The zero-order chi connectivity index (χ0) is 9.10. The molecule has 1 saturated carbocycles. The van der Waals surface area contributed by atoms with Crippen molar-refractivity contribution in [3.63, 3.8) is 0 Å². The third kappa shape index (κ3) is 2.05. The van der Waals surface area contributed by atoms with E-state index < -0.39 is 0 Å². The van der Waals surface area contributed by atoms with Crippen LogP contribution >= 0.6 is 11.6 Å². The molecule has 0 spiro atoms. The number of rotatable bonds is 1. The minimum Gasteiger partial charge on any atom is -0.348 e. The molecular weight excluding hydrogens is 184 g/mol. The predicted octanol–water partition coefficient (Wildman–Crippen LogP) is 3.06. The topological polar surface area (TPSA) is 28.7 Å². The summed E-state index contributed by atoms with van der Waals surface area (Å²) in [5.41, 5.74) is 0. The van der Waals surface area contributed by atoms with Crippen molar-refractivity contribution in [2.75, 3.05) is 0 Å². The molecule has 2 nitrogen and oxygen atoms in total. The molecule has 2 atom stereocenters. The van der Waals surface area contributed by atoms with Gasteiger partial charge in [-0.15, -0.1) is 11.6 Å². The predicted molar refractivity (Wildman–Crippen MR) is 54.1 cm³/mol. The molecule has 0 aliphatic heterocycles. The van der Waals surface area contributed by atoms with Gasteiger partial charge in [-0.2, -0.15) is 0 Å². The molecule has 1 fully saturated rings. The summed E-state index contributed by atoms with van der Waals surface area (Å²) in [5.74, 6) is 1.51. The summed E-state index contributed by atoms with van der Waals surface area (Å²) in [6.45, 7) is 0. The third-order valence-corrected chi connectivity index (χ3v) is 3.32. The second-order valence-corrected chi connectivity index (χ2v) is 4.30. The molecule has 3 heteroatoms. The lowest BCUT2D eigenvalue weighted by molar-refractivity contribution is 0.573. The zero-order valence-electron chi connectivity index (χ0n) is 7.67. The Kier molecular flexibility index (Phi) is 2.89. The number of alkyl halides is 1. The Balaban J connectivity index is 2.11. The molecule has 0 radical (unpaired) electrons. The molecule has 1 heterocycles. The molecule has 2 unspecified atom stereocenters. The highest BCUT2D eigenvalue weighted by atomic mass is 35.5. The van der Waals surface area contributed by atoms with Crippen molar-refractivity contribution in [2.24, 2.45) is 0 Å². The summed E-state index contributed by atoms with van der Waals surface area (Å²) in [4.78, 5) is 7.46. The van der Waals surface area contributed by atoms with Crippen LogP contribution in [0.3, 0.4) is 0 Å². The Morgan fingerprint density at radius 3 is 2.92 bits per heavy atom. The number of halogens is 1. The lowest BCUT2D eigenvalue weighted by Crippen LogP contribution is -2.12. The number of nitrogens with zero attached hydrogens (tertiary/aromatic N) is 1. The van der Waals surface area contributed by atoms with E-state index in [2.05, 4.69) is 9.97 Å². The molecular formula is C10H15ClN2. The average Bonchev–Trinajstić information content (AvgIpc) is 2.56. The van der Waals surface area contributed by atoms with Crippen LogP contribution in [-0.4, -0.2) is 15.3 Å². The maximum Gasteiger partial charge on any atom is 0.110 e. The van der Waals surface area contributed by atoms with Gasteiger partial charge in [-0.1, -0.05) is 19.3 Å². The first-order chi connectivity index (χ1) is 6.38. The summed E-state index contributed by atoms with van der Waals surface area (Å²) in [5, 5.41) is 0.272. The highest BCUT2D eigenvalue weighted by Gasteiger charge is 2.24. The highest BCUT2D eigenvalue weighted by molar-refractivity contribution is 6.21. The first-order valence-corrected chi connectivity index (χ1v) is 5.45. The second-order valence-electron chi connectivity index (χ2n) is 3.73. The Hall–Kier alpha value is -0.500. The van der Waals surface area contributed by atoms with Crippen molar-refractivity contribution in [1.82, 2.24) is 9.97 Å². The van der Waals surface area contributed by atoms with Crippen LogP contribution < -0.4 is 0 Å². The fourth-order valence-corrected chi connectivity index (χ4v) is 2.45. The highest BCUT2D eigenvalue weighted by Crippen LogP contribution is 2.33. The van der Waals surface area contributed by atoms with Gasteiger partial charge < -0.3 is 4.98 Å². The minimum atomic E-state index is 0.272. The fourth-order valence-electron chi connectivity index (χ4n) is 2.05. The van der Waals surface area contributed by atoms with Crippen molar-refractivity contribution < 1.29 is 0 Å². The summed E-state index contributed by atoms with van der Waals surface area (Å²) < 4.78 is 0. The van der Waals surface area contributed by atoms with E-state index in [-0.39, 0.29) is 5.38 Å². The molecule has 0 amide bonds. The molecule has 1 aliphatic rings. The Morgan fingerprint density at radius 1 is 1.31 bits per heavy atom. The molecule has 1 aliphatic carbocycles. The van der Waals surface area contributed by atoms with Crippen LogP contribution in [-0.2, 0) is 0 Å². The van der Waals surface area contributed by atoms with Gasteiger partial charge >= 0.3 is 0 Å². The quantitative estimate of drug-likeness (QED) is 0.545. The maximum absolute atomic E-state index is 6.32. The van der Waals surface area contributed by atoms with Crippen molar-refractivity contribution in [3.05, 3.63) is 18.2 Å². The molecule has 0 aromatic carbocycles. The number of hydrogen-bond donors (Lipinski definition) is 1. The number of imidazole rings is 1. The van der Waals surface area contributed by atoms with Gasteiger partial charge in [0, 0.05) is 23.7 Å². The second kappa shape index (κ2) is 4.14. The minimum absolute atomic E-state index is 0.272. The van der Waals surface area contributed by atoms with Crippen molar-refractivity contribution in [2.45, 2.75) is 43.4 Å².